The van der Waals surface area contributed by atoms with Gasteiger partial charge >= 0.3 is 5.97 Å². The number of rotatable bonds is 1. The lowest BCUT2D eigenvalue weighted by Gasteiger charge is -2.25. The number of esters is 1. The summed E-state index contributed by atoms with van der Waals surface area (Å²) in [6.07, 6.45) is 4.76. The summed E-state index contributed by atoms with van der Waals surface area (Å²) >= 11 is 0. The Labute approximate surface area is 71.3 Å². The first-order valence-corrected chi connectivity index (χ1v) is 4.09. The molecule has 0 unspecified atom stereocenters. The van der Waals surface area contributed by atoms with Crippen LogP contribution in [0.1, 0.15) is 13.3 Å². The van der Waals surface area contributed by atoms with Gasteiger partial charge in [-0.15, -0.1) is 0 Å². The fraction of sp³-hybridized carbons (Fsp3) is 0.667. The lowest BCUT2D eigenvalue weighted by Crippen LogP contribution is -2.36. The van der Waals surface area contributed by atoms with Crippen LogP contribution in [-0.4, -0.2) is 25.3 Å². The maximum absolute atomic E-state index is 11.4. The third kappa shape index (κ3) is 0.829. The van der Waals surface area contributed by atoms with E-state index in [1.807, 2.05) is 19.1 Å². The highest BCUT2D eigenvalue weighted by Gasteiger charge is 2.52. The minimum Gasteiger partial charge on any atom is -0.469 e. The molecule has 0 saturated carbocycles. The highest BCUT2D eigenvalue weighted by atomic mass is 16.5. The van der Waals surface area contributed by atoms with Crippen LogP contribution in [0.15, 0.2) is 12.2 Å². The summed E-state index contributed by atoms with van der Waals surface area (Å²) in [5, 5.41) is 0. The molecule has 66 valence electrons. The van der Waals surface area contributed by atoms with Gasteiger partial charge in [-0.1, -0.05) is 12.2 Å². The zero-order valence-corrected chi connectivity index (χ0v) is 7.24. The molecule has 3 atom stereocenters. The van der Waals surface area contributed by atoms with Crippen LogP contribution < -0.4 is 0 Å². The Kier molecular flexibility index (Phi) is 1.51. The molecule has 1 fully saturated rings. The molecule has 0 aliphatic carbocycles. The van der Waals surface area contributed by atoms with Crippen LogP contribution in [0.3, 0.4) is 0 Å². The van der Waals surface area contributed by atoms with Crippen LogP contribution in [-0.2, 0) is 14.3 Å². The second-order valence-electron chi connectivity index (χ2n) is 3.59. The molecule has 0 amide bonds. The van der Waals surface area contributed by atoms with Crippen LogP contribution in [0, 0.1) is 5.41 Å². The standard InChI is InChI=1S/C9H12O3/c1-9(8(10)11-2)5-6-3-4-7(9)12-6/h3-4,6-7H,5H2,1-2H3/t6-,7+,9-/m1/s1. The number of hydrogen-bond acceptors (Lipinski definition) is 3. The van der Waals surface area contributed by atoms with Gasteiger partial charge in [0.15, 0.2) is 0 Å². The van der Waals surface area contributed by atoms with Crippen molar-refractivity contribution in [2.24, 2.45) is 5.41 Å². The van der Waals surface area contributed by atoms with Crippen molar-refractivity contribution in [3.63, 3.8) is 0 Å². The Morgan fingerprint density at radius 1 is 1.67 bits per heavy atom. The minimum absolute atomic E-state index is 0.0741. The second-order valence-corrected chi connectivity index (χ2v) is 3.59. The Morgan fingerprint density at radius 3 is 2.83 bits per heavy atom. The van der Waals surface area contributed by atoms with Crippen LogP contribution in [0.4, 0.5) is 0 Å². The van der Waals surface area contributed by atoms with E-state index in [4.69, 9.17) is 9.47 Å². The molecular weight excluding hydrogens is 156 g/mol. The Bertz CT molecular complexity index is 246. The van der Waals surface area contributed by atoms with Gasteiger partial charge in [0.2, 0.25) is 0 Å². The topological polar surface area (TPSA) is 35.5 Å². The van der Waals surface area contributed by atoms with E-state index in [9.17, 15) is 4.79 Å². The van der Waals surface area contributed by atoms with Crippen molar-refractivity contribution in [2.75, 3.05) is 7.11 Å². The molecule has 0 N–H and O–H groups in total. The molecule has 2 aliphatic heterocycles. The Balaban J connectivity index is 2.23. The van der Waals surface area contributed by atoms with E-state index in [2.05, 4.69) is 0 Å². The fourth-order valence-corrected chi connectivity index (χ4v) is 1.95. The van der Waals surface area contributed by atoms with E-state index in [1.165, 1.54) is 7.11 Å². The van der Waals surface area contributed by atoms with Crippen LogP contribution in [0.5, 0.6) is 0 Å². The highest BCUT2D eigenvalue weighted by molar-refractivity contribution is 5.78. The molecule has 3 nitrogen and oxygen atoms in total. The second kappa shape index (κ2) is 2.33. The number of ether oxygens (including phenoxy) is 2. The molecule has 12 heavy (non-hydrogen) atoms. The molecule has 0 radical (unpaired) electrons. The van der Waals surface area contributed by atoms with E-state index in [0.717, 1.165) is 6.42 Å². The maximum atomic E-state index is 11.4. The molecule has 3 heteroatoms. The molecule has 0 aromatic rings. The van der Waals surface area contributed by atoms with Gasteiger partial charge in [-0.3, -0.25) is 4.79 Å². The predicted octanol–water partition coefficient (Wildman–Crippen LogP) is 0.893. The average molecular weight is 168 g/mol. The largest absolute Gasteiger partial charge is 0.469 e. The summed E-state index contributed by atoms with van der Waals surface area (Å²) in [6, 6.07) is 0. The van der Waals surface area contributed by atoms with Crippen molar-refractivity contribution in [1.82, 2.24) is 0 Å². The minimum atomic E-state index is -0.450. The van der Waals surface area contributed by atoms with Gasteiger partial charge < -0.3 is 9.47 Å². The van der Waals surface area contributed by atoms with Gasteiger partial charge in [0.25, 0.3) is 0 Å². The smallest absolute Gasteiger partial charge is 0.314 e. The van der Waals surface area contributed by atoms with E-state index in [-0.39, 0.29) is 18.2 Å². The zero-order valence-electron chi connectivity index (χ0n) is 7.24. The summed E-state index contributed by atoms with van der Waals surface area (Å²) in [7, 11) is 1.42. The average Bonchev–Trinajstić information content (AvgIpc) is 2.62. The van der Waals surface area contributed by atoms with E-state index < -0.39 is 5.41 Å². The quantitative estimate of drug-likeness (QED) is 0.431. The number of carbonyl (C=O) groups is 1. The molecule has 2 bridgehead atoms. The first-order valence-electron chi connectivity index (χ1n) is 4.09. The third-order valence-corrected chi connectivity index (χ3v) is 2.73. The molecule has 0 spiro atoms. The van der Waals surface area contributed by atoms with Crippen LogP contribution in [0.25, 0.3) is 0 Å². The number of carbonyl (C=O) groups excluding carboxylic acids is 1. The van der Waals surface area contributed by atoms with Crippen LogP contribution in [0.2, 0.25) is 0 Å². The molecule has 2 aliphatic rings. The van der Waals surface area contributed by atoms with Crippen molar-refractivity contribution in [3.8, 4) is 0 Å². The van der Waals surface area contributed by atoms with Crippen LogP contribution >= 0.6 is 0 Å². The predicted molar refractivity (Wildman–Crippen MR) is 42.5 cm³/mol. The van der Waals surface area contributed by atoms with Gasteiger partial charge in [0.05, 0.1) is 24.7 Å². The monoisotopic (exact) mass is 168 g/mol. The highest BCUT2D eigenvalue weighted by Crippen LogP contribution is 2.44. The number of hydrogen-bond donors (Lipinski definition) is 0. The summed E-state index contributed by atoms with van der Waals surface area (Å²) < 4.78 is 10.2. The third-order valence-electron chi connectivity index (χ3n) is 2.73. The maximum Gasteiger partial charge on any atom is 0.314 e. The molecule has 2 heterocycles. The number of methoxy groups -OCH3 is 1. The molecule has 1 saturated heterocycles. The summed E-state index contributed by atoms with van der Waals surface area (Å²) in [5.74, 6) is -0.167. The Hall–Kier alpha value is -0.830. The molecule has 0 aromatic carbocycles. The van der Waals surface area contributed by atoms with Gasteiger partial charge in [0, 0.05) is 0 Å². The normalized spacial score (nSPS) is 43.5. The van der Waals surface area contributed by atoms with E-state index >= 15 is 0 Å². The summed E-state index contributed by atoms with van der Waals surface area (Å²) in [5.41, 5.74) is -0.450. The lowest BCUT2D eigenvalue weighted by molar-refractivity contribution is -0.153. The SMILES string of the molecule is COC(=O)[C@]1(C)C[C@H]2C=C[C@@H]1O2. The summed E-state index contributed by atoms with van der Waals surface area (Å²) in [4.78, 5) is 11.4. The van der Waals surface area contributed by atoms with Crippen molar-refractivity contribution in [3.05, 3.63) is 12.2 Å². The van der Waals surface area contributed by atoms with Crippen molar-refractivity contribution in [2.45, 2.75) is 25.6 Å². The molecular formula is C9H12O3. The van der Waals surface area contributed by atoms with Crippen molar-refractivity contribution >= 4 is 5.97 Å². The molecule has 0 aromatic heterocycles. The lowest BCUT2D eigenvalue weighted by atomic mass is 9.79. The van der Waals surface area contributed by atoms with Crippen molar-refractivity contribution < 1.29 is 14.3 Å². The van der Waals surface area contributed by atoms with Gasteiger partial charge in [-0.05, 0) is 13.3 Å². The first kappa shape index (κ1) is 7.80. The van der Waals surface area contributed by atoms with Gasteiger partial charge in [0.1, 0.15) is 0 Å². The molecule has 2 rings (SSSR count). The van der Waals surface area contributed by atoms with Gasteiger partial charge in [-0.2, -0.15) is 0 Å². The van der Waals surface area contributed by atoms with E-state index in [1.54, 1.807) is 0 Å². The van der Waals surface area contributed by atoms with E-state index in [0.29, 0.717) is 0 Å². The van der Waals surface area contributed by atoms with Crippen molar-refractivity contribution in [1.29, 1.82) is 0 Å². The first-order chi connectivity index (χ1) is 5.66. The van der Waals surface area contributed by atoms with Gasteiger partial charge in [-0.25, -0.2) is 0 Å². The summed E-state index contributed by atoms with van der Waals surface area (Å²) in [6.45, 7) is 1.90. The Morgan fingerprint density at radius 2 is 2.42 bits per heavy atom. The zero-order chi connectivity index (χ0) is 8.77. The fourth-order valence-electron chi connectivity index (χ4n) is 1.95. The number of fused-ring (bicyclic) bond motifs is 2.